The van der Waals surface area contributed by atoms with Crippen LogP contribution in [-0.2, 0) is 20.9 Å². The van der Waals surface area contributed by atoms with Crippen molar-refractivity contribution in [1.82, 2.24) is 9.88 Å². The van der Waals surface area contributed by atoms with Crippen LogP contribution in [0, 0.1) is 6.92 Å². The number of ketones is 1. The van der Waals surface area contributed by atoms with Crippen molar-refractivity contribution in [3.8, 4) is 0 Å². The second kappa shape index (κ2) is 8.01. The second-order valence-corrected chi connectivity index (χ2v) is 5.32. The van der Waals surface area contributed by atoms with Crippen molar-refractivity contribution in [3.63, 3.8) is 0 Å². The lowest BCUT2D eigenvalue weighted by Gasteiger charge is -2.14. The number of hydrogen-bond donors (Lipinski definition) is 0. The molecule has 0 aliphatic heterocycles. The minimum Gasteiger partial charge on any atom is -0.466 e. The van der Waals surface area contributed by atoms with Gasteiger partial charge < -0.3 is 4.74 Å². The zero-order valence-corrected chi connectivity index (χ0v) is 12.5. The number of nitrogens with zero attached hydrogens (tertiary/aromatic N) is 2. The maximum atomic E-state index is 11.7. The molecule has 1 rings (SSSR count). The van der Waals surface area contributed by atoms with E-state index in [-0.39, 0.29) is 24.6 Å². The Bertz CT molecular complexity index is 431. The van der Waals surface area contributed by atoms with E-state index in [1.54, 1.807) is 23.8 Å². The molecule has 0 radical (unpaired) electrons. The van der Waals surface area contributed by atoms with Crippen LogP contribution in [0.15, 0.2) is 5.51 Å². The summed E-state index contributed by atoms with van der Waals surface area (Å²) in [6.07, 6.45) is 0.408. The van der Waals surface area contributed by atoms with Gasteiger partial charge in [-0.1, -0.05) is 0 Å². The molecule has 19 heavy (non-hydrogen) atoms. The van der Waals surface area contributed by atoms with E-state index in [0.717, 1.165) is 5.69 Å². The van der Waals surface area contributed by atoms with Crippen LogP contribution < -0.4 is 0 Å². The van der Waals surface area contributed by atoms with E-state index >= 15 is 0 Å². The molecule has 0 saturated heterocycles. The maximum Gasteiger partial charge on any atom is 0.306 e. The highest BCUT2D eigenvalue weighted by Crippen LogP contribution is 2.14. The smallest absolute Gasteiger partial charge is 0.306 e. The van der Waals surface area contributed by atoms with Gasteiger partial charge in [0, 0.05) is 17.8 Å². The summed E-state index contributed by atoms with van der Waals surface area (Å²) in [5.74, 6) is -0.255. The minimum atomic E-state index is -0.309. The van der Waals surface area contributed by atoms with E-state index in [9.17, 15) is 9.59 Å². The number of aryl methyl sites for hydroxylation is 1. The average molecular weight is 284 g/mol. The van der Waals surface area contributed by atoms with Crippen LogP contribution in [0.2, 0.25) is 0 Å². The molecule has 0 spiro atoms. The Labute approximate surface area is 117 Å². The molecule has 106 valence electrons. The molecule has 0 bridgehead atoms. The summed E-state index contributed by atoms with van der Waals surface area (Å²) in [4.78, 5) is 30.1. The van der Waals surface area contributed by atoms with E-state index in [1.165, 1.54) is 4.88 Å². The Morgan fingerprint density at radius 1 is 1.42 bits per heavy atom. The third-order valence-corrected chi connectivity index (χ3v) is 3.54. The van der Waals surface area contributed by atoms with Gasteiger partial charge in [-0.25, -0.2) is 4.98 Å². The number of Topliss-reactive ketones (excluding diaryl/α,β-unsaturated/α-hetero) is 1. The third-order valence-electron chi connectivity index (χ3n) is 2.62. The van der Waals surface area contributed by atoms with Crippen LogP contribution >= 0.6 is 11.3 Å². The van der Waals surface area contributed by atoms with Gasteiger partial charge in [-0.3, -0.25) is 14.5 Å². The van der Waals surface area contributed by atoms with Crippen LogP contribution in [0.25, 0.3) is 0 Å². The fourth-order valence-corrected chi connectivity index (χ4v) is 2.49. The number of aromatic nitrogens is 1. The molecule has 1 aromatic heterocycles. The Kier molecular flexibility index (Phi) is 6.66. The van der Waals surface area contributed by atoms with Crippen molar-refractivity contribution >= 4 is 23.1 Å². The van der Waals surface area contributed by atoms with Gasteiger partial charge in [0.05, 0.1) is 30.8 Å². The molecule has 0 saturated carbocycles. The molecule has 0 aliphatic carbocycles. The summed E-state index contributed by atoms with van der Waals surface area (Å²) in [7, 11) is 1.89. The van der Waals surface area contributed by atoms with Gasteiger partial charge >= 0.3 is 5.97 Å². The molecule has 0 N–H and O–H groups in total. The monoisotopic (exact) mass is 284 g/mol. The Morgan fingerprint density at radius 2 is 2.16 bits per heavy atom. The van der Waals surface area contributed by atoms with Gasteiger partial charge in [-0.05, 0) is 20.9 Å². The highest BCUT2D eigenvalue weighted by Gasteiger charge is 2.12. The molecule has 0 amide bonds. The molecule has 5 nitrogen and oxygen atoms in total. The van der Waals surface area contributed by atoms with Gasteiger partial charge in [0.15, 0.2) is 0 Å². The Balaban J connectivity index is 2.28. The molecular weight excluding hydrogens is 264 g/mol. The van der Waals surface area contributed by atoms with Crippen molar-refractivity contribution in [3.05, 3.63) is 16.1 Å². The van der Waals surface area contributed by atoms with Crippen LogP contribution in [0.4, 0.5) is 0 Å². The lowest BCUT2D eigenvalue weighted by molar-refractivity contribution is -0.144. The topological polar surface area (TPSA) is 59.5 Å². The molecule has 0 aliphatic rings. The van der Waals surface area contributed by atoms with Crippen molar-refractivity contribution in [2.24, 2.45) is 0 Å². The van der Waals surface area contributed by atoms with E-state index in [1.807, 2.05) is 18.9 Å². The van der Waals surface area contributed by atoms with Gasteiger partial charge in [-0.2, -0.15) is 0 Å². The molecule has 1 aromatic rings. The zero-order chi connectivity index (χ0) is 14.3. The van der Waals surface area contributed by atoms with Gasteiger partial charge in [0.25, 0.3) is 0 Å². The van der Waals surface area contributed by atoms with E-state index < -0.39 is 0 Å². The standard InChI is InChI=1S/C13H20N2O3S/c1-4-18-13(17)6-5-11(16)7-15(3)8-12-10(2)14-9-19-12/h9H,4-8H2,1-3H3. The number of ether oxygens (including phenoxy) is 1. The number of rotatable bonds is 8. The number of carbonyl (C=O) groups excluding carboxylic acids is 2. The first-order valence-electron chi connectivity index (χ1n) is 6.27. The summed E-state index contributed by atoms with van der Waals surface area (Å²) in [6.45, 7) is 5.13. The van der Waals surface area contributed by atoms with Gasteiger partial charge in [0.2, 0.25) is 0 Å². The number of thiazole rings is 1. The first-order chi connectivity index (χ1) is 9.02. The summed E-state index contributed by atoms with van der Waals surface area (Å²) in [5, 5.41) is 0. The van der Waals surface area contributed by atoms with E-state index in [4.69, 9.17) is 4.74 Å². The lowest BCUT2D eigenvalue weighted by Crippen LogP contribution is -2.26. The van der Waals surface area contributed by atoms with Crippen molar-refractivity contribution < 1.29 is 14.3 Å². The van der Waals surface area contributed by atoms with Crippen molar-refractivity contribution in [2.75, 3.05) is 20.2 Å². The quantitative estimate of drug-likeness (QED) is 0.681. The molecule has 6 heteroatoms. The number of hydrogen-bond acceptors (Lipinski definition) is 6. The Hall–Kier alpha value is -1.27. The van der Waals surface area contributed by atoms with Crippen molar-refractivity contribution in [1.29, 1.82) is 0 Å². The molecule has 0 atom stereocenters. The number of carbonyl (C=O) groups is 2. The predicted octanol–water partition coefficient (Wildman–Crippen LogP) is 1.80. The summed E-state index contributed by atoms with van der Waals surface area (Å²) < 4.78 is 4.79. The summed E-state index contributed by atoms with van der Waals surface area (Å²) in [6, 6.07) is 0. The number of likely N-dealkylation sites (N-methyl/N-ethyl adjacent to an activating group) is 1. The van der Waals surface area contributed by atoms with E-state index in [2.05, 4.69) is 4.98 Å². The molecule has 0 fully saturated rings. The average Bonchev–Trinajstić information content (AvgIpc) is 2.73. The van der Waals surface area contributed by atoms with Crippen molar-refractivity contribution in [2.45, 2.75) is 33.2 Å². The maximum absolute atomic E-state index is 11.7. The predicted molar refractivity (Wildman–Crippen MR) is 74.1 cm³/mol. The highest BCUT2D eigenvalue weighted by atomic mass is 32.1. The highest BCUT2D eigenvalue weighted by molar-refractivity contribution is 7.09. The molecular formula is C13H20N2O3S. The van der Waals surface area contributed by atoms with E-state index in [0.29, 0.717) is 19.7 Å². The molecule has 1 heterocycles. The van der Waals surface area contributed by atoms with Crippen LogP contribution in [0.3, 0.4) is 0 Å². The van der Waals surface area contributed by atoms with Gasteiger partial charge in [0.1, 0.15) is 5.78 Å². The fourth-order valence-electron chi connectivity index (χ4n) is 1.63. The van der Waals surface area contributed by atoms with Crippen LogP contribution in [0.5, 0.6) is 0 Å². The summed E-state index contributed by atoms with van der Waals surface area (Å²) in [5.41, 5.74) is 2.82. The molecule has 0 unspecified atom stereocenters. The van der Waals surface area contributed by atoms with Gasteiger partial charge in [-0.15, -0.1) is 11.3 Å². The summed E-state index contributed by atoms with van der Waals surface area (Å²) >= 11 is 1.59. The third kappa shape index (κ3) is 5.94. The zero-order valence-electron chi connectivity index (χ0n) is 11.6. The second-order valence-electron chi connectivity index (χ2n) is 4.38. The Morgan fingerprint density at radius 3 is 2.74 bits per heavy atom. The van der Waals surface area contributed by atoms with Crippen LogP contribution in [0.1, 0.15) is 30.3 Å². The first-order valence-corrected chi connectivity index (χ1v) is 7.15. The van der Waals surface area contributed by atoms with Crippen LogP contribution in [-0.4, -0.2) is 41.8 Å². The lowest BCUT2D eigenvalue weighted by atomic mass is 10.2. The fraction of sp³-hybridized carbons (Fsp3) is 0.615. The largest absolute Gasteiger partial charge is 0.466 e. The minimum absolute atomic E-state index is 0.0534. The normalized spacial score (nSPS) is 10.7. The molecule has 0 aromatic carbocycles. The first kappa shape index (κ1) is 15.8. The SMILES string of the molecule is CCOC(=O)CCC(=O)CN(C)Cc1scnc1C. The number of esters is 1.